The zero-order valence-corrected chi connectivity index (χ0v) is 17.1. The molecule has 4 aliphatic carbocycles. The van der Waals surface area contributed by atoms with Crippen molar-refractivity contribution in [1.29, 1.82) is 0 Å². The highest BCUT2D eigenvalue weighted by Crippen LogP contribution is 2.22. The Morgan fingerprint density at radius 1 is 0.900 bits per heavy atom. The summed E-state index contributed by atoms with van der Waals surface area (Å²) in [6.45, 7) is 5.74. The van der Waals surface area contributed by atoms with E-state index in [9.17, 15) is 4.79 Å². The van der Waals surface area contributed by atoms with Crippen molar-refractivity contribution in [2.75, 3.05) is 26.2 Å². The third-order valence-electron chi connectivity index (χ3n) is 6.94. The van der Waals surface area contributed by atoms with Crippen molar-refractivity contribution in [2.45, 2.75) is 19.5 Å². The molecule has 3 aromatic carbocycles. The van der Waals surface area contributed by atoms with Crippen molar-refractivity contribution in [2.24, 2.45) is 0 Å². The third kappa shape index (κ3) is 2.64. The fourth-order valence-corrected chi connectivity index (χ4v) is 5.49. The molecule has 1 fully saturated rings. The van der Waals surface area contributed by atoms with Crippen LogP contribution in [0, 0.1) is 41.7 Å². The lowest BCUT2D eigenvalue weighted by atomic mass is 10.0. The number of hydrogen-bond acceptors (Lipinski definition) is 3. The summed E-state index contributed by atoms with van der Waals surface area (Å²) in [5.41, 5.74) is 1.37. The van der Waals surface area contributed by atoms with Crippen LogP contribution in [0.25, 0.3) is 0 Å². The Morgan fingerprint density at radius 2 is 1.50 bits per heavy atom. The molecule has 1 aliphatic heterocycles. The molecule has 30 heavy (non-hydrogen) atoms. The summed E-state index contributed by atoms with van der Waals surface area (Å²) in [7, 11) is 0. The van der Waals surface area contributed by atoms with Crippen LogP contribution in [-0.4, -0.2) is 53.1 Å². The summed E-state index contributed by atoms with van der Waals surface area (Å²) in [4.78, 5) is 15.7. The molecule has 0 unspecified atom stereocenters. The number of nitrogens with zero attached hydrogens (tertiary/aromatic N) is 2. The Balaban J connectivity index is 1.53. The summed E-state index contributed by atoms with van der Waals surface area (Å²) in [6, 6.07) is 20.7. The lowest BCUT2D eigenvalue weighted by molar-refractivity contribution is -0.139. The van der Waals surface area contributed by atoms with Crippen LogP contribution < -0.4 is 0 Å². The van der Waals surface area contributed by atoms with Gasteiger partial charge in [0.25, 0.3) is 0 Å². The van der Waals surface area contributed by atoms with Crippen LogP contribution in [0.4, 0.5) is 0 Å². The van der Waals surface area contributed by atoms with Crippen molar-refractivity contribution in [1.82, 2.24) is 9.80 Å². The fraction of sp³-hybridized carbons (Fsp3) is 0.269. The molecule has 0 radical (unpaired) electrons. The van der Waals surface area contributed by atoms with Crippen LogP contribution in [0.3, 0.4) is 0 Å². The average Bonchev–Trinajstić information content (AvgIpc) is 3.04. The van der Waals surface area contributed by atoms with Crippen molar-refractivity contribution in [3.8, 4) is 0 Å². The maximum atomic E-state index is 11.1. The standard InChI is InChI=1S/C26H24N2O2/c1-16-13-27(10-11-28(16)15-23(29)30)14-21-12-22-17-2-4-20(5-3-17)26-24(21)18-6-8-19(9-7-18)25(22)26/h2-9,12,16H,10-11,13-15H2,1H3,(H,29,30)/t16-/m1/s1. The molecular weight excluding hydrogens is 372 g/mol. The first-order valence-corrected chi connectivity index (χ1v) is 10.7. The van der Waals surface area contributed by atoms with Crippen LogP contribution in [-0.2, 0) is 11.3 Å². The van der Waals surface area contributed by atoms with Crippen LogP contribution in [0.5, 0.6) is 0 Å². The van der Waals surface area contributed by atoms with Crippen LogP contribution in [0.1, 0.15) is 12.5 Å². The molecule has 150 valence electrons. The number of carboxylic acids is 1. The summed E-state index contributed by atoms with van der Waals surface area (Å²) >= 11 is 0. The topological polar surface area (TPSA) is 43.8 Å². The molecule has 8 rings (SSSR count). The lowest BCUT2D eigenvalue weighted by Gasteiger charge is -2.39. The van der Waals surface area contributed by atoms with Gasteiger partial charge in [-0.25, -0.2) is 0 Å². The van der Waals surface area contributed by atoms with Gasteiger partial charge in [0.1, 0.15) is 0 Å². The van der Waals surface area contributed by atoms with E-state index in [1.165, 1.54) is 47.3 Å². The molecular formula is C26H24N2O2. The first-order valence-electron chi connectivity index (χ1n) is 10.7. The van der Waals surface area contributed by atoms with Crippen molar-refractivity contribution in [3.63, 3.8) is 0 Å². The Labute approximate surface area is 173 Å². The maximum absolute atomic E-state index is 11.1. The summed E-state index contributed by atoms with van der Waals surface area (Å²) in [5.74, 6) is -0.743. The van der Waals surface area contributed by atoms with E-state index in [-0.39, 0.29) is 12.6 Å². The number of fused-ring (bicyclic) bond motifs is 4. The largest absolute Gasteiger partial charge is 0.480 e. The predicted octanol–water partition coefficient (Wildman–Crippen LogP) is 3.05. The lowest BCUT2D eigenvalue weighted by Crippen LogP contribution is -2.52. The molecule has 0 spiro atoms. The van der Waals surface area contributed by atoms with E-state index in [2.05, 4.69) is 71.3 Å². The molecule has 0 amide bonds. The van der Waals surface area contributed by atoms with Gasteiger partial charge in [0.15, 0.2) is 0 Å². The minimum atomic E-state index is -0.743. The van der Waals surface area contributed by atoms with E-state index < -0.39 is 5.97 Å². The van der Waals surface area contributed by atoms with Crippen molar-refractivity contribution < 1.29 is 9.90 Å². The molecule has 3 aromatic rings. The van der Waals surface area contributed by atoms with Crippen molar-refractivity contribution in [3.05, 3.63) is 102 Å². The normalized spacial score (nSPS) is 19.0. The minimum absolute atomic E-state index is 0.128. The van der Waals surface area contributed by atoms with E-state index in [0.29, 0.717) is 0 Å². The molecule has 0 aromatic heterocycles. The zero-order chi connectivity index (χ0) is 20.4. The van der Waals surface area contributed by atoms with E-state index in [4.69, 9.17) is 5.11 Å². The Morgan fingerprint density at radius 3 is 2.13 bits per heavy atom. The minimum Gasteiger partial charge on any atom is -0.480 e. The second-order valence-electron chi connectivity index (χ2n) is 8.81. The van der Waals surface area contributed by atoms with E-state index >= 15 is 0 Å². The van der Waals surface area contributed by atoms with Gasteiger partial charge >= 0.3 is 5.97 Å². The van der Waals surface area contributed by atoms with Gasteiger partial charge in [0.2, 0.25) is 0 Å². The number of piperazine rings is 1. The molecule has 0 saturated carbocycles. The molecule has 8 bridgehead atoms. The highest BCUT2D eigenvalue weighted by molar-refractivity contribution is 5.69. The van der Waals surface area contributed by atoms with Gasteiger partial charge in [-0.05, 0) is 60.3 Å². The fourth-order valence-electron chi connectivity index (χ4n) is 5.49. The van der Waals surface area contributed by atoms with Gasteiger partial charge in [-0.2, -0.15) is 0 Å². The van der Waals surface area contributed by atoms with Gasteiger partial charge in [-0.15, -0.1) is 0 Å². The molecule has 1 heterocycles. The Kier molecular flexibility index (Phi) is 3.89. The first kappa shape index (κ1) is 17.9. The maximum Gasteiger partial charge on any atom is 0.317 e. The quantitative estimate of drug-likeness (QED) is 0.507. The first-order chi connectivity index (χ1) is 14.6. The zero-order valence-electron chi connectivity index (χ0n) is 17.1. The predicted molar refractivity (Wildman–Crippen MR) is 114 cm³/mol. The number of carboxylic acid groups (broad SMARTS) is 1. The molecule has 1 atom stereocenters. The Bertz CT molecular complexity index is 1550. The number of rotatable bonds is 4. The van der Waals surface area contributed by atoms with E-state index in [1.54, 1.807) is 0 Å². The van der Waals surface area contributed by atoms with Gasteiger partial charge in [0.05, 0.1) is 6.54 Å². The second-order valence-corrected chi connectivity index (χ2v) is 8.81. The van der Waals surface area contributed by atoms with Crippen LogP contribution >= 0.6 is 0 Å². The molecule has 1 N–H and O–H groups in total. The second kappa shape index (κ2) is 6.53. The number of aliphatic carboxylic acids is 1. The smallest absolute Gasteiger partial charge is 0.317 e. The monoisotopic (exact) mass is 396 g/mol. The third-order valence-corrected chi connectivity index (χ3v) is 6.94. The number of hydrogen-bond donors (Lipinski definition) is 1. The van der Waals surface area contributed by atoms with Gasteiger partial charge in [-0.3, -0.25) is 14.6 Å². The van der Waals surface area contributed by atoms with E-state index in [0.717, 1.165) is 26.2 Å². The molecule has 4 heteroatoms. The number of carbonyl (C=O) groups is 1. The average molecular weight is 396 g/mol. The summed E-state index contributed by atoms with van der Waals surface area (Å²) in [6.07, 6.45) is 0. The van der Waals surface area contributed by atoms with Gasteiger partial charge in [0, 0.05) is 32.2 Å². The summed E-state index contributed by atoms with van der Waals surface area (Å²) in [5, 5.41) is 19.8. The highest BCUT2D eigenvalue weighted by Gasteiger charge is 2.25. The summed E-state index contributed by atoms with van der Waals surface area (Å²) < 4.78 is 0. The molecule has 5 aliphatic rings. The highest BCUT2D eigenvalue weighted by atomic mass is 16.4. The SMILES string of the molecule is C[C@@H]1CN(Cc2cc3c4c(c2=c2ccc=4cc2)=c2ccc=3cc2)CCN1CC(=O)O. The van der Waals surface area contributed by atoms with Gasteiger partial charge in [-0.1, -0.05) is 48.5 Å². The van der Waals surface area contributed by atoms with Crippen LogP contribution in [0.2, 0.25) is 0 Å². The van der Waals surface area contributed by atoms with Crippen molar-refractivity contribution >= 4 is 5.97 Å². The Hall–Kier alpha value is -2.95. The van der Waals surface area contributed by atoms with Crippen LogP contribution in [0.15, 0.2) is 54.6 Å². The van der Waals surface area contributed by atoms with Gasteiger partial charge < -0.3 is 5.11 Å². The number of benzene rings is 3. The van der Waals surface area contributed by atoms with E-state index in [1.807, 2.05) is 0 Å². The molecule has 4 nitrogen and oxygen atoms in total. The molecule has 1 saturated heterocycles.